The zero-order chi connectivity index (χ0) is 14.9. The maximum absolute atomic E-state index is 9.89. The van der Waals surface area contributed by atoms with Gasteiger partial charge in [0.1, 0.15) is 11.3 Å². The van der Waals surface area contributed by atoms with Crippen LogP contribution < -0.4 is 9.47 Å². The Morgan fingerprint density at radius 1 is 0.955 bits per heavy atom. The van der Waals surface area contributed by atoms with Crippen molar-refractivity contribution >= 4 is 10.9 Å². The van der Waals surface area contributed by atoms with Gasteiger partial charge in [-0.2, -0.15) is 0 Å². The number of phenols is 1. The topological polar surface area (TPSA) is 51.6 Å². The molecule has 22 heavy (non-hydrogen) atoms. The molecule has 1 aromatic heterocycles. The van der Waals surface area contributed by atoms with Crippen molar-refractivity contribution < 1.29 is 14.6 Å². The van der Waals surface area contributed by atoms with Crippen molar-refractivity contribution in [3.05, 3.63) is 59.8 Å². The lowest BCUT2D eigenvalue weighted by molar-refractivity contribution is 0.174. The summed E-state index contributed by atoms with van der Waals surface area (Å²) in [6, 6.07) is 15.4. The van der Waals surface area contributed by atoms with E-state index in [0.29, 0.717) is 12.3 Å². The Hall–Kier alpha value is -2.75. The SMILES string of the molecule is Oc1cccc2ccc(CCc3ccc4c(c3)OCO4)nc12. The number of rotatable bonds is 3. The maximum atomic E-state index is 9.89. The fraction of sp³-hybridized carbons (Fsp3) is 0.167. The lowest BCUT2D eigenvalue weighted by Crippen LogP contribution is -1.95. The lowest BCUT2D eigenvalue weighted by atomic mass is 10.1. The molecule has 1 aliphatic heterocycles. The average Bonchev–Trinajstić information content (AvgIpc) is 3.01. The molecule has 4 nitrogen and oxygen atoms in total. The molecule has 0 aliphatic carbocycles. The molecule has 0 fully saturated rings. The zero-order valence-corrected chi connectivity index (χ0v) is 12.0. The zero-order valence-electron chi connectivity index (χ0n) is 12.0. The van der Waals surface area contributed by atoms with Crippen LogP contribution in [0.2, 0.25) is 0 Å². The van der Waals surface area contributed by atoms with E-state index in [9.17, 15) is 5.11 Å². The Bertz CT molecular complexity index is 845. The van der Waals surface area contributed by atoms with Crippen LogP contribution in [0.25, 0.3) is 10.9 Å². The first-order valence-corrected chi connectivity index (χ1v) is 7.26. The van der Waals surface area contributed by atoms with Gasteiger partial charge in [-0.1, -0.05) is 24.3 Å². The Kier molecular flexibility index (Phi) is 3.07. The van der Waals surface area contributed by atoms with Crippen molar-refractivity contribution in [2.45, 2.75) is 12.8 Å². The van der Waals surface area contributed by atoms with Crippen LogP contribution in [0.3, 0.4) is 0 Å². The van der Waals surface area contributed by atoms with Crippen molar-refractivity contribution in [3.63, 3.8) is 0 Å². The van der Waals surface area contributed by atoms with Crippen LogP contribution in [0.5, 0.6) is 17.2 Å². The number of hydrogen-bond donors (Lipinski definition) is 1. The highest BCUT2D eigenvalue weighted by Gasteiger charge is 2.13. The maximum Gasteiger partial charge on any atom is 0.231 e. The van der Waals surface area contributed by atoms with Crippen molar-refractivity contribution in [1.82, 2.24) is 4.98 Å². The molecule has 2 aromatic carbocycles. The molecule has 0 atom stereocenters. The molecule has 0 saturated carbocycles. The predicted octanol–water partition coefficient (Wildman–Crippen LogP) is 3.45. The normalized spacial score (nSPS) is 12.7. The van der Waals surface area contributed by atoms with Crippen LogP contribution in [-0.2, 0) is 12.8 Å². The molecule has 0 amide bonds. The van der Waals surface area contributed by atoms with Gasteiger partial charge in [0.15, 0.2) is 11.5 Å². The number of aromatic nitrogens is 1. The molecule has 1 aliphatic rings. The summed E-state index contributed by atoms with van der Waals surface area (Å²) in [4.78, 5) is 4.56. The molecule has 0 radical (unpaired) electrons. The third kappa shape index (κ3) is 2.33. The second-order valence-electron chi connectivity index (χ2n) is 5.34. The monoisotopic (exact) mass is 293 g/mol. The van der Waals surface area contributed by atoms with Gasteiger partial charge < -0.3 is 14.6 Å². The van der Waals surface area contributed by atoms with E-state index in [2.05, 4.69) is 4.98 Å². The van der Waals surface area contributed by atoms with E-state index in [1.165, 1.54) is 5.56 Å². The number of phenolic OH excluding ortho intramolecular Hbond substituents is 1. The van der Waals surface area contributed by atoms with Crippen LogP contribution in [0.4, 0.5) is 0 Å². The first-order valence-electron chi connectivity index (χ1n) is 7.26. The van der Waals surface area contributed by atoms with E-state index >= 15 is 0 Å². The van der Waals surface area contributed by atoms with Gasteiger partial charge in [0.05, 0.1) is 0 Å². The van der Waals surface area contributed by atoms with E-state index in [1.54, 1.807) is 6.07 Å². The number of nitrogens with zero attached hydrogens (tertiary/aromatic N) is 1. The van der Waals surface area contributed by atoms with Crippen molar-refractivity contribution in [1.29, 1.82) is 0 Å². The van der Waals surface area contributed by atoms with E-state index < -0.39 is 0 Å². The van der Waals surface area contributed by atoms with Gasteiger partial charge >= 0.3 is 0 Å². The van der Waals surface area contributed by atoms with Gasteiger partial charge in [-0.25, -0.2) is 4.98 Å². The summed E-state index contributed by atoms with van der Waals surface area (Å²) in [5.41, 5.74) is 2.81. The van der Waals surface area contributed by atoms with Crippen LogP contribution >= 0.6 is 0 Å². The molecule has 0 unspecified atom stereocenters. The second-order valence-corrected chi connectivity index (χ2v) is 5.34. The Morgan fingerprint density at radius 3 is 2.82 bits per heavy atom. The smallest absolute Gasteiger partial charge is 0.231 e. The number of hydrogen-bond acceptors (Lipinski definition) is 4. The summed E-state index contributed by atoms with van der Waals surface area (Å²) in [5, 5.41) is 10.8. The van der Waals surface area contributed by atoms with Crippen LogP contribution in [0.15, 0.2) is 48.5 Å². The van der Waals surface area contributed by atoms with Gasteiger partial charge in [0.25, 0.3) is 0 Å². The number of aryl methyl sites for hydroxylation is 2. The highest BCUT2D eigenvalue weighted by atomic mass is 16.7. The van der Waals surface area contributed by atoms with Gasteiger partial charge in [-0.15, -0.1) is 0 Å². The number of pyridine rings is 1. The number of ether oxygens (including phenoxy) is 2. The van der Waals surface area contributed by atoms with Crippen LogP contribution in [0, 0.1) is 0 Å². The quantitative estimate of drug-likeness (QED) is 0.803. The van der Waals surface area contributed by atoms with Gasteiger partial charge in [-0.05, 0) is 42.7 Å². The molecule has 2 heterocycles. The molecule has 4 heteroatoms. The summed E-state index contributed by atoms with van der Waals surface area (Å²) < 4.78 is 10.7. The molecule has 0 saturated heterocycles. The Balaban J connectivity index is 1.55. The van der Waals surface area contributed by atoms with E-state index in [-0.39, 0.29) is 5.75 Å². The second kappa shape index (κ2) is 5.22. The average molecular weight is 293 g/mol. The van der Waals surface area contributed by atoms with Crippen molar-refractivity contribution in [3.8, 4) is 17.2 Å². The minimum Gasteiger partial charge on any atom is -0.506 e. The molecule has 3 aromatic rings. The molecule has 4 rings (SSSR count). The summed E-state index contributed by atoms with van der Waals surface area (Å²) in [7, 11) is 0. The summed E-state index contributed by atoms with van der Waals surface area (Å²) in [5.74, 6) is 1.83. The number of aromatic hydroxyl groups is 1. The van der Waals surface area contributed by atoms with E-state index in [4.69, 9.17) is 9.47 Å². The molecule has 0 bridgehead atoms. The molecular formula is C18H15NO3. The molecule has 110 valence electrons. The third-order valence-electron chi connectivity index (χ3n) is 3.86. The number of fused-ring (bicyclic) bond motifs is 2. The lowest BCUT2D eigenvalue weighted by Gasteiger charge is -2.05. The third-order valence-corrected chi connectivity index (χ3v) is 3.86. The Morgan fingerprint density at radius 2 is 1.86 bits per heavy atom. The van der Waals surface area contributed by atoms with Crippen molar-refractivity contribution in [2.24, 2.45) is 0 Å². The van der Waals surface area contributed by atoms with Gasteiger partial charge in [0.2, 0.25) is 6.79 Å². The van der Waals surface area contributed by atoms with E-state index in [0.717, 1.165) is 35.4 Å². The summed E-state index contributed by atoms with van der Waals surface area (Å²) >= 11 is 0. The van der Waals surface area contributed by atoms with Crippen LogP contribution in [0.1, 0.15) is 11.3 Å². The minimum atomic E-state index is 0.224. The van der Waals surface area contributed by atoms with Crippen LogP contribution in [-0.4, -0.2) is 16.9 Å². The van der Waals surface area contributed by atoms with E-state index in [1.807, 2.05) is 42.5 Å². The highest BCUT2D eigenvalue weighted by molar-refractivity contribution is 5.84. The number of benzene rings is 2. The highest BCUT2D eigenvalue weighted by Crippen LogP contribution is 2.32. The van der Waals surface area contributed by atoms with Gasteiger partial charge in [0, 0.05) is 11.1 Å². The fourth-order valence-electron chi connectivity index (χ4n) is 2.68. The fourth-order valence-corrected chi connectivity index (χ4v) is 2.68. The largest absolute Gasteiger partial charge is 0.506 e. The summed E-state index contributed by atoms with van der Waals surface area (Å²) in [6.07, 6.45) is 1.67. The van der Waals surface area contributed by atoms with Gasteiger partial charge in [-0.3, -0.25) is 0 Å². The molecular weight excluding hydrogens is 278 g/mol. The first kappa shape index (κ1) is 13.0. The molecule has 1 N–H and O–H groups in total. The predicted molar refractivity (Wildman–Crippen MR) is 83.4 cm³/mol. The molecule has 0 spiro atoms. The van der Waals surface area contributed by atoms with Crippen molar-refractivity contribution in [2.75, 3.05) is 6.79 Å². The Labute approximate surface area is 128 Å². The minimum absolute atomic E-state index is 0.224. The summed E-state index contributed by atoms with van der Waals surface area (Å²) in [6.45, 7) is 0.296. The first-order chi connectivity index (χ1) is 10.8. The number of para-hydroxylation sites is 1. The standard InChI is InChI=1S/C18H15NO3/c20-15-3-1-2-13-6-8-14(19-18(13)15)7-4-12-5-9-16-17(10-12)22-11-21-16/h1-3,5-6,8-10,20H,4,7,11H2.